The van der Waals surface area contributed by atoms with Crippen molar-refractivity contribution in [2.75, 3.05) is 0 Å². The minimum absolute atomic E-state index is 0.0688. The molecule has 1 aliphatic carbocycles. The zero-order chi connectivity index (χ0) is 36.7. The summed E-state index contributed by atoms with van der Waals surface area (Å²) < 4.78 is 8.87. The van der Waals surface area contributed by atoms with Gasteiger partial charge in [-0.05, 0) is 68.4 Å². The third kappa shape index (κ3) is 4.53. The van der Waals surface area contributed by atoms with E-state index < -0.39 is 0 Å². The Morgan fingerprint density at radius 1 is 0.429 bits per heavy atom. The lowest BCUT2D eigenvalue weighted by Gasteiger charge is -2.29. The van der Waals surface area contributed by atoms with Crippen molar-refractivity contribution in [2.45, 2.75) is 11.8 Å². The van der Waals surface area contributed by atoms with E-state index in [1.165, 1.54) is 49.4 Å². The van der Waals surface area contributed by atoms with Crippen molar-refractivity contribution in [3.63, 3.8) is 0 Å². The number of aromatic nitrogens is 3. The molecule has 3 aromatic heterocycles. The minimum Gasteiger partial charge on any atom is -0.452 e. The number of nitrogens with zero attached hydrogens (tertiary/aromatic N) is 3. The molecule has 0 spiro atoms. The smallest absolute Gasteiger partial charge is 0.236 e. The second-order valence-corrected chi connectivity index (χ2v) is 14.9. The Hall–Kier alpha value is -7.30. The number of benzene rings is 8. The van der Waals surface area contributed by atoms with Crippen LogP contribution >= 0.6 is 0 Å². The molecule has 3 heterocycles. The molecular weight excluding hydrogens is 683 g/mol. The molecule has 0 aliphatic heterocycles. The third-order valence-corrected chi connectivity index (χ3v) is 11.9. The monoisotopic (exact) mass is 715 g/mol. The van der Waals surface area contributed by atoms with E-state index in [0.29, 0.717) is 11.5 Å². The fraction of sp³-hybridized carbons (Fsp3) is 0.0385. The molecule has 262 valence electrons. The molecule has 4 heteroatoms. The number of hydrogen-bond acceptors (Lipinski definition) is 3. The highest BCUT2D eigenvalue weighted by Crippen LogP contribution is 2.53. The first-order chi connectivity index (χ1) is 27.8. The van der Waals surface area contributed by atoms with Gasteiger partial charge in [-0.15, -0.1) is 0 Å². The van der Waals surface area contributed by atoms with Crippen LogP contribution in [0.15, 0.2) is 192 Å². The maximum Gasteiger partial charge on any atom is 0.236 e. The summed E-state index contributed by atoms with van der Waals surface area (Å²) in [7, 11) is 0. The number of furan rings is 1. The van der Waals surface area contributed by atoms with Crippen LogP contribution in [0.3, 0.4) is 0 Å². The van der Waals surface area contributed by atoms with Crippen LogP contribution in [-0.4, -0.2) is 14.5 Å². The number of rotatable bonds is 5. The fourth-order valence-electron chi connectivity index (χ4n) is 9.47. The van der Waals surface area contributed by atoms with Gasteiger partial charge in [0.05, 0.1) is 11.0 Å². The maximum atomic E-state index is 6.58. The summed E-state index contributed by atoms with van der Waals surface area (Å²) in [6, 6.07) is 67.5. The van der Waals surface area contributed by atoms with Crippen LogP contribution in [0, 0.1) is 0 Å². The van der Waals surface area contributed by atoms with Crippen molar-refractivity contribution in [1.29, 1.82) is 0 Å². The van der Waals surface area contributed by atoms with Crippen LogP contribution in [0.4, 0.5) is 0 Å². The van der Waals surface area contributed by atoms with Crippen molar-refractivity contribution in [3.8, 4) is 28.3 Å². The molecular formula is C52H33N3O. The lowest BCUT2D eigenvalue weighted by atomic mass is 9.73. The SMILES string of the molecule is c1ccc(-c2ccc(-c3nc(-n4c5cccc6c5c5c7c(cccc7ccc54)C(c4ccccc4)C6c4ccccc4)nc4c3oc3ccccc34)cc2)cc1. The molecule has 0 radical (unpaired) electrons. The highest BCUT2D eigenvalue weighted by molar-refractivity contribution is 6.24. The standard InChI is InChI=1S/C52H33N3O/c1-4-14-32(15-5-1)33-26-28-37(29-27-33)49-51-50(38-21-10-11-25-43(38)56-51)54-52(53-49)55-41-24-13-23-40-45(35-18-8-3-9-19-35)44(34-16-6-2-7-17-34)39-22-12-20-36-30-31-42(55)48(46(36)39)47(40)41/h1-31,44-45H. The lowest BCUT2D eigenvalue weighted by Crippen LogP contribution is -2.14. The van der Waals surface area contributed by atoms with E-state index in [1.807, 2.05) is 24.3 Å². The van der Waals surface area contributed by atoms with Crippen LogP contribution in [0.2, 0.25) is 0 Å². The molecule has 1 aliphatic rings. The first-order valence-corrected chi connectivity index (χ1v) is 19.2. The molecule has 56 heavy (non-hydrogen) atoms. The summed E-state index contributed by atoms with van der Waals surface area (Å²) in [5.74, 6) is 0.797. The average Bonchev–Trinajstić information content (AvgIpc) is 3.78. The van der Waals surface area contributed by atoms with Crippen molar-refractivity contribution in [2.24, 2.45) is 0 Å². The van der Waals surface area contributed by atoms with Gasteiger partial charge in [-0.25, -0.2) is 9.97 Å². The molecule has 0 saturated heterocycles. The Labute approximate surface area is 323 Å². The summed E-state index contributed by atoms with van der Waals surface area (Å²) in [4.78, 5) is 10.9. The highest BCUT2D eigenvalue weighted by Gasteiger charge is 2.35. The summed E-state index contributed by atoms with van der Waals surface area (Å²) in [5.41, 5.74) is 13.8. The molecule has 8 aromatic carbocycles. The Morgan fingerprint density at radius 3 is 1.75 bits per heavy atom. The summed E-state index contributed by atoms with van der Waals surface area (Å²) in [6.45, 7) is 0. The molecule has 0 bridgehead atoms. The van der Waals surface area contributed by atoms with Crippen LogP contribution in [0.1, 0.15) is 34.1 Å². The van der Waals surface area contributed by atoms with Gasteiger partial charge < -0.3 is 4.42 Å². The predicted molar refractivity (Wildman–Crippen MR) is 229 cm³/mol. The molecule has 0 fully saturated rings. The van der Waals surface area contributed by atoms with Gasteiger partial charge >= 0.3 is 0 Å². The number of para-hydroxylation sites is 1. The maximum absolute atomic E-state index is 6.58. The van der Waals surface area contributed by atoms with Crippen molar-refractivity contribution in [3.05, 3.63) is 210 Å². The van der Waals surface area contributed by atoms with E-state index in [-0.39, 0.29) is 11.8 Å². The topological polar surface area (TPSA) is 43.9 Å². The average molecular weight is 716 g/mol. The van der Waals surface area contributed by atoms with Crippen molar-refractivity contribution < 1.29 is 4.42 Å². The molecule has 12 rings (SSSR count). The van der Waals surface area contributed by atoms with Crippen LogP contribution < -0.4 is 0 Å². The molecule has 0 N–H and O–H groups in total. The van der Waals surface area contributed by atoms with Crippen LogP contribution in [0.25, 0.3) is 83.0 Å². The molecule has 0 amide bonds. The normalized spacial score (nSPS) is 15.1. The van der Waals surface area contributed by atoms with Gasteiger partial charge in [-0.1, -0.05) is 164 Å². The quantitative estimate of drug-likeness (QED) is 0.178. The van der Waals surface area contributed by atoms with Gasteiger partial charge in [0.25, 0.3) is 0 Å². The predicted octanol–water partition coefficient (Wildman–Crippen LogP) is 13.2. The number of hydrogen-bond donors (Lipinski definition) is 0. The van der Waals surface area contributed by atoms with E-state index in [1.54, 1.807) is 0 Å². The van der Waals surface area contributed by atoms with Gasteiger partial charge in [-0.2, -0.15) is 0 Å². The van der Waals surface area contributed by atoms with Crippen LogP contribution in [0.5, 0.6) is 0 Å². The van der Waals surface area contributed by atoms with E-state index >= 15 is 0 Å². The molecule has 11 aromatic rings. The third-order valence-electron chi connectivity index (χ3n) is 11.9. The Bertz CT molecular complexity index is 3290. The molecule has 2 unspecified atom stereocenters. The van der Waals surface area contributed by atoms with E-state index in [4.69, 9.17) is 14.4 Å². The van der Waals surface area contributed by atoms with E-state index in [2.05, 4.69) is 168 Å². The van der Waals surface area contributed by atoms with Crippen molar-refractivity contribution in [1.82, 2.24) is 14.5 Å². The largest absolute Gasteiger partial charge is 0.452 e. The van der Waals surface area contributed by atoms with Crippen molar-refractivity contribution >= 4 is 54.6 Å². The first-order valence-electron chi connectivity index (χ1n) is 19.2. The second kappa shape index (κ2) is 12.1. The molecule has 2 atom stereocenters. The molecule has 4 nitrogen and oxygen atoms in total. The Balaban J connectivity index is 1.18. The van der Waals surface area contributed by atoms with Crippen LogP contribution in [-0.2, 0) is 0 Å². The zero-order valence-corrected chi connectivity index (χ0v) is 30.3. The van der Waals surface area contributed by atoms with Gasteiger partial charge in [0.2, 0.25) is 5.95 Å². The summed E-state index contributed by atoms with van der Waals surface area (Å²) in [5, 5.41) is 5.99. The Morgan fingerprint density at radius 2 is 1.02 bits per heavy atom. The highest BCUT2D eigenvalue weighted by atomic mass is 16.3. The van der Waals surface area contributed by atoms with E-state index in [9.17, 15) is 0 Å². The molecule has 0 saturated carbocycles. The van der Waals surface area contributed by atoms with Gasteiger partial charge in [0.1, 0.15) is 16.8 Å². The summed E-state index contributed by atoms with van der Waals surface area (Å²) in [6.07, 6.45) is 0. The first kappa shape index (κ1) is 31.1. The Kier molecular flexibility index (Phi) is 6.72. The second-order valence-electron chi connectivity index (χ2n) is 14.9. The van der Waals surface area contributed by atoms with E-state index in [0.717, 1.165) is 44.3 Å². The van der Waals surface area contributed by atoms with Gasteiger partial charge in [0, 0.05) is 33.6 Å². The lowest BCUT2D eigenvalue weighted by molar-refractivity contribution is 0.666. The summed E-state index contributed by atoms with van der Waals surface area (Å²) >= 11 is 0. The fourth-order valence-corrected chi connectivity index (χ4v) is 9.47. The zero-order valence-electron chi connectivity index (χ0n) is 30.3. The number of fused-ring (bicyclic) bond motifs is 3. The minimum atomic E-state index is 0.0688. The van der Waals surface area contributed by atoms with Gasteiger partial charge in [0.15, 0.2) is 5.58 Å². The van der Waals surface area contributed by atoms with Gasteiger partial charge in [-0.3, -0.25) is 4.57 Å².